The summed E-state index contributed by atoms with van der Waals surface area (Å²) in [6, 6.07) is 1.90. The molecule has 0 radical (unpaired) electrons. The first-order valence-electron chi connectivity index (χ1n) is 7.16. The van der Waals surface area contributed by atoms with Crippen LogP contribution in [0.3, 0.4) is 0 Å². The van der Waals surface area contributed by atoms with Crippen molar-refractivity contribution in [3.8, 4) is 5.75 Å². The predicted octanol–water partition coefficient (Wildman–Crippen LogP) is 5.00. The molecule has 26 heavy (non-hydrogen) atoms. The standard InChI is InChI=1S/C14H11Cl2N3O6S/c1-3-6(2)8-4-7(18(21)22)5-9(19(23)24)11(8)25-14(20)12-10(15)13(16)17-26-12/h4-6H,3H2,1-2H3. The van der Waals surface area contributed by atoms with Gasteiger partial charge in [0.05, 0.1) is 15.9 Å². The normalized spacial score (nSPS) is 11.8. The number of nitrogens with zero attached hydrogens (tertiary/aromatic N) is 3. The molecule has 9 nitrogen and oxygen atoms in total. The molecule has 0 bridgehead atoms. The highest BCUT2D eigenvalue weighted by molar-refractivity contribution is 7.09. The van der Waals surface area contributed by atoms with Crippen molar-refractivity contribution >= 4 is 52.1 Å². The fraction of sp³-hybridized carbons (Fsp3) is 0.286. The summed E-state index contributed by atoms with van der Waals surface area (Å²) in [5.41, 5.74) is -0.978. The molecule has 0 aliphatic heterocycles. The number of nitro benzene ring substituents is 2. The van der Waals surface area contributed by atoms with Crippen LogP contribution in [-0.2, 0) is 0 Å². The quantitative estimate of drug-likeness (QED) is 0.279. The number of halogens is 2. The van der Waals surface area contributed by atoms with E-state index in [2.05, 4.69) is 4.37 Å². The Labute approximate surface area is 161 Å². The van der Waals surface area contributed by atoms with E-state index in [4.69, 9.17) is 27.9 Å². The van der Waals surface area contributed by atoms with Gasteiger partial charge in [0.25, 0.3) is 5.69 Å². The van der Waals surface area contributed by atoms with Crippen LogP contribution in [0.2, 0.25) is 10.2 Å². The molecule has 0 aliphatic carbocycles. The number of ether oxygens (including phenoxy) is 1. The molecule has 1 unspecified atom stereocenters. The monoisotopic (exact) mass is 419 g/mol. The van der Waals surface area contributed by atoms with Crippen molar-refractivity contribution in [2.75, 3.05) is 0 Å². The Morgan fingerprint density at radius 2 is 1.96 bits per heavy atom. The zero-order valence-corrected chi connectivity index (χ0v) is 15.7. The van der Waals surface area contributed by atoms with Gasteiger partial charge in [0.1, 0.15) is 5.02 Å². The zero-order chi connectivity index (χ0) is 19.6. The van der Waals surface area contributed by atoms with Gasteiger partial charge in [-0.05, 0) is 23.9 Å². The number of hydrogen-bond acceptors (Lipinski definition) is 8. The summed E-state index contributed by atoms with van der Waals surface area (Å²) < 4.78 is 8.90. The van der Waals surface area contributed by atoms with Crippen LogP contribution in [0.5, 0.6) is 5.75 Å². The van der Waals surface area contributed by atoms with Crippen LogP contribution in [0.1, 0.15) is 41.4 Å². The van der Waals surface area contributed by atoms with Gasteiger partial charge in [0, 0.05) is 11.6 Å². The van der Waals surface area contributed by atoms with Gasteiger partial charge in [0.2, 0.25) is 5.75 Å². The Morgan fingerprint density at radius 3 is 2.42 bits per heavy atom. The molecule has 0 N–H and O–H groups in total. The van der Waals surface area contributed by atoms with Gasteiger partial charge in [-0.25, -0.2) is 4.79 Å². The van der Waals surface area contributed by atoms with Crippen LogP contribution >= 0.6 is 34.7 Å². The lowest BCUT2D eigenvalue weighted by Crippen LogP contribution is -2.12. The predicted molar refractivity (Wildman–Crippen MR) is 95.5 cm³/mol. The molecule has 0 aliphatic rings. The minimum absolute atomic E-state index is 0.0936. The fourth-order valence-corrected chi connectivity index (χ4v) is 3.17. The van der Waals surface area contributed by atoms with Crippen LogP contribution in [-0.4, -0.2) is 20.2 Å². The van der Waals surface area contributed by atoms with E-state index in [1.807, 2.05) is 0 Å². The molecule has 2 aromatic rings. The second-order valence-electron chi connectivity index (χ2n) is 5.21. The van der Waals surface area contributed by atoms with Crippen LogP contribution < -0.4 is 4.74 Å². The van der Waals surface area contributed by atoms with Crippen molar-refractivity contribution in [3.63, 3.8) is 0 Å². The molecule has 0 amide bonds. The molecule has 1 atom stereocenters. The molecular formula is C14H11Cl2N3O6S. The summed E-state index contributed by atoms with van der Waals surface area (Å²) in [6.45, 7) is 3.50. The van der Waals surface area contributed by atoms with E-state index in [9.17, 15) is 25.0 Å². The highest BCUT2D eigenvalue weighted by Gasteiger charge is 2.30. The summed E-state index contributed by atoms with van der Waals surface area (Å²) in [5.74, 6) is -1.68. The first-order chi connectivity index (χ1) is 12.2. The molecule has 2 rings (SSSR count). The molecular weight excluding hydrogens is 409 g/mol. The van der Waals surface area contributed by atoms with E-state index in [0.717, 1.165) is 12.1 Å². The van der Waals surface area contributed by atoms with Gasteiger partial charge in [-0.3, -0.25) is 20.2 Å². The maximum Gasteiger partial charge on any atom is 0.357 e. The van der Waals surface area contributed by atoms with Crippen molar-refractivity contribution < 1.29 is 19.4 Å². The van der Waals surface area contributed by atoms with Crippen molar-refractivity contribution in [1.29, 1.82) is 0 Å². The summed E-state index contributed by atoms with van der Waals surface area (Å²) in [5, 5.41) is 22.2. The molecule has 0 fully saturated rings. The van der Waals surface area contributed by atoms with E-state index < -0.39 is 27.2 Å². The van der Waals surface area contributed by atoms with Crippen LogP contribution in [0.25, 0.3) is 0 Å². The number of aromatic nitrogens is 1. The molecule has 138 valence electrons. The third-order valence-electron chi connectivity index (χ3n) is 3.61. The molecule has 1 heterocycles. The minimum atomic E-state index is -0.985. The number of carbonyl (C=O) groups excluding carboxylic acids is 1. The van der Waals surface area contributed by atoms with Crippen molar-refractivity contribution in [1.82, 2.24) is 4.37 Å². The molecule has 1 aromatic carbocycles. The van der Waals surface area contributed by atoms with Gasteiger partial charge >= 0.3 is 11.7 Å². The van der Waals surface area contributed by atoms with E-state index in [1.165, 1.54) is 0 Å². The second-order valence-corrected chi connectivity index (χ2v) is 6.72. The Balaban J connectivity index is 2.61. The summed E-state index contributed by atoms with van der Waals surface area (Å²) in [6.07, 6.45) is 0.510. The molecule has 0 spiro atoms. The lowest BCUT2D eigenvalue weighted by atomic mass is 9.96. The molecule has 12 heteroatoms. The average molecular weight is 420 g/mol. The van der Waals surface area contributed by atoms with Crippen LogP contribution in [0, 0.1) is 20.2 Å². The number of hydrogen-bond donors (Lipinski definition) is 0. The molecule has 0 saturated carbocycles. The lowest BCUT2D eigenvalue weighted by molar-refractivity contribution is -0.394. The highest BCUT2D eigenvalue weighted by Crippen LogP contribution is 2.41. The number of non-ortho nitro benzene ring substituents is 1. The first-order valence-corrected chi connectivity index (χ1v) is 8.69. The molecule has 0 saturated heterocycles. The Bertz CT molecular complexity index is 901. The van der Waals surface area contributed by atoms with Crippen LogP contribution in [0.4, 0.5) is 11.4 Å². The topological polar surface area (TPSA) is 125 Å². The van der Waals surface area contributed by atoms with Crippen molar-refractivity contribution in [3.05, 3.63) is 53.0 Å². The van der Waals surface area contributed by atoms with Gasteiger partial charge < -0.3 is 4.74 Å². The maximum absolute atomic E-state index is 12.4. The largest absolute Gasteiger partial charge is 0.415 e. The number of benzene rings is 1. The van der Waals surface area contributed by atoms with Crippen molar-refractivity contribution in [2.24, 2.45) is 0 Å². The SMILES string of the molecule is CCC(C)c1cc([N+](=O)[O-])cc([N+](=O)[O-])c1OC(=O)c1snc(Cl)c1Cl. The van der Waals surface area contributed by atoms with E-state index >= 15 is 0 Å². The summed E-state index contributed by atoms with van der Waals surface area (Å²) in [4.78, 5) is 33.1. The Kier molecular flexibility index (Phi) is 6.11. The van der Waals surface area contributed by atoms with Gasteiger partial charge in [-0.15, -0.1) is 0 Å². The third-order valence-corrected chi connectivity index (χ3v) is 5.39. The zero-order valence-electron chi connectivity index (χ0n) is 13.4. The minimum Gasteiger partial charge on any atom is -0.415 e. The fourth-order valence-electron chi connectivity index (χ4n) is 2.08. The Morgan fingerprint density at radius 1 is 1.31 bits per heavy atom. The van der Waals surface area contributed by atoms with Crippen LogP contribution in [0.15, 0.2) is 12.1 Å². The Hall–Kier alpha value is -2.30. The summed E-state index contributed by atoms with van der Waals surface area (Å²) in [7, 11) is 0. The number of carbonyl (C=O) groups is 1. The lowest BCUT2D eigenvalue weighted by Gasteiger charge is -2.14. The second kappa shape index (κ2) is 7.94. The van der Waals surface area contributed by atoms with Crippen molar-refractivity contribution in [2.45, 2.75) is 26.2 Å². The number of rotatable bonds is 6. The first kappa shape index (κ1) is 20.0. The number of esters is 1. The summed E-state index contributed by atoms with van der Waals surface area (Å²) >= 11 is 12.2. The van der Waals surface area contributed by atoms with Gasteiger partial charge in [0.15, 0.2) is 10.0 Å². The average Bonchev–Trinajstić information content (AvgIpc) is 2.92. The van der Waals surface area contributed by atoms with Gasteiger partial charge in [-0.1, -0.05) is 37.0 Å². The number of nitro groups is 2. The van der Waals surface area contributed by atoms with Gasteiger partial charge in [-0.2, -0.15) is 4.37 Å². The third kappa shape index (κ3) is 3.92. The van der Waals surface area contributed by atoms with E-state index in [1.54, 1.807) is 13.8 Å². The maximum atomic E-state index is 12.4. The van der Waals surface area contributed by atoms with E-state index in [0.29, 0.717) is 18.0 Å². The molecule has 1 aromatic heterocycles. The van der Waals surface area contributed by atoms with E-state index in [-0.39, 0.29) is 32.3 Å². The smallest absolute Gasteiger partial charge is 0.357 e. The highest BCUT2D eigenvalue weighted by atomic mass is 35.5.